The maximum Gasteiger partial charge on any atom is 0.412 e. The summed E-state index contributed by atoms with van der Waals surface area (Å²) in [5.74, 6) is 0.0298. The zero-order chi connectivity index (χ0) is 21.0. The number of carbonyl (C=O) groups excluding carboxylic acids is 1. The molecule has 0 saturated heterocycles. The first-order valence-electron chi connectivity index (χ1n) is 9.36. The Balaban J connectivity index is 1.91. The van der Waals surface area contributed by atoms with E-state index in [0.717, 1.165) is 15.2 Å². The van der Waals surface area contributed by atoms with Crippen LogP contribution in [-0.4, -0.2) is 22.9 Å². The van der Waals surface area contributed by atoms with E-state index >= 15 is 0 Å². The molecule has 0 aliphatic carbocycles. The number of rotatable bonds is 6. The minimum atomic E-state index is -0.762. The lowest BCUT2D eigenvalue weighted by Crippen LogP contribution is -2.30. The van der Waals surface area contributed by atoms with Crippen LogP contribution in [0.15, 0.2) is 65.1 Å². The van der Waals surface area contributed by atoms with Gasteiger partial charge in [-0.2, -0.15) is 0 Å². The predicted octanol–water partition coefficient (Wildman–Crippen LogP) is 6.01. The molecule has 0 aliphatic heterocycles. The molecule has 0 radical (unpaired) electrons. The van der Waals surface area contributed by atoms with Crippen LogP contribution in [0.1, 0.15) is 31.9 Å². The average Bonchev–Trinajstić information content (AvgIpc) is 2.68. The lowest BCUT2D eigenvalue weighted by atomic mass is 9.79. The lowest BCUT2D eigenvalue weighted by molar-refractivity contribution is 0.0139. The van der Waals surface area contributed by atoms with Crippen LogP contribution in [0.2, 0.25) is 0 Å². The number of ether oxygens (including phenoxy) is 1. The number of aliphatic hydroxyl groups is 1. The maximum absolute atomic E-state index is 12.8. The first-order chi connectivity index (χ1) is 13.8. The number of hydrogen-bond acceptors (Lipinski definition) is 4. The lowest BCUT2D eigenvalue weighted by Gasteiger charge is -2.34. The third-order valence-electron chi connectivity index (χ3n) is 4.99. The van der Waals surface area contributed by atoms with Crippen LogP contribution >= 0.6 is 15.9 Å². The van der Waals surface area contributed by atoms with E-state index in [9.17, 15) is 15.0 Å². The molecule has 3 rings (SSSR count). The van der Waals surface area contributed by atoms with Crippen LogP contribution in [0.5, 0.6) is 5.75 Å². The van der Waals surface area contributed by atoms with Gasteiger partial charge in [-0.05, 0) is 36.1 Å². The second kappa shape index (κ2) is 8.84. The topological polar surface area (TPSA) is 78.8 Å². The highest BCUT2D eigenvalue weighted by atomic mass is 79.9. The molecule has 6 heteroatoms. The summed E-state index contributed by atoms with van der Waals surface area (Å²) in [6, 6.07) is 18.4. The fraction of sp³-hybridized carbons (Fsp3) is 0.261. The quantitative estimate of drug-likeness (QED) is 0.423. The third kappa shape index (κ3) is 4.89. The molecule has 0 saturated carbocycles. The van der Waals surface area contributed by atoms with Crippen LogP contribution < -0.4 is 5.32 Å². The van der Waals surface area contributed by atoms with Gasteiger partial charge in [0, 0.05) is 27.4 Å². The number of phenols is 1. The van der Waals surface area contributed by atoms with Gasteiger partial charge in [0.1, 0.15) is 11.9 Å². The summed E-state index contributed by atoms with van der Waals surface area (Å²) >= 11 is 3.40. The Labute approximate surface area is 178 Å². The van der Waals surface area contributed by atoms with Crippen molar-refractivity contribution in [1.29, 1.82) is 0 Å². The Morgan fingerprint density at radius 1 is 1.14 bits per heavy atom. The van der Waals surface area contributed by atoms with Crippen molar-refractivity contribution >= 4 is 38.5 Å². The van der Waals surface area contributed by atoms with Crippen LogP contribution in [0.25, 0.3) is 10.8 Å². The van der Waals surface area contributed by atoms with Crippen LogP contribution in [0, 0.1) is 5.41 Å². The molecular formula is C23H24BrNO4. The van der Waals surface area contributed by atoms with Crippen molar-refractivity contribution in [2.45, 2.75) is 26.4 Å². The van der Waals surface area contributed by atoms with Gasteiger partial charge in [0.15, 0.2) is 0 Å². The molecule has 152 valence electrons. The largest absolute Gasteiger partial charge is 0.508 e. The molecule has 0 unspecified atom stereocenters. The van der Waals surface area contributed by atoms with E-state index in [4.69, 9.17) is 4.74 Å². The zero-order valence-electron chi connectivity index (χ0n) is 16.4. The number of anilines is 1. The molecule has 3 aromatic carbocycles. The number of halogens is 1. The first-order valence-corrected chi connectivity index (χ1v) is 10.2. The van der Waals surface area contributed by atoms with E-state index in [0.29, 0.717) is 17.7 Å². The summed E-state index contributed by atoms with van der Waals surface area (Å²) in [5, 5.41) is 24.6. The van der Waals surface area contributed by atoms with E-state index < -0.39 is 17.6 Å². The van der Waals surface area contributed by atoms with Crippen LogP contribution in [-0.2, 0) is 4.74 Å². The number of nitrogens with one attached hydrogen (secondary N) is 1. The van der Waals surface area contributed by atoms with E-state index in [1.54, 1.807) is 18.2 Å². The van der Waals surface area contributed by atoms with Crippen LogP contribution in [0.4, 0.5) is 10.5 Å². The van der Waals surface area contributed by atoms with Gasteiger partial charge in [-0.1, -0.05) is 66.2 Å². The molecule has 0 fully saturated rings. The summed E-state index contributed by atoms with van der Waals surface area (Å²) < 4.78 is 6.56. The Bertz CT molecular complexity index is 1010. The molecule has 0 spiro atoms. The number of aliphatic hydroxyl groups excluding tert-OH is 1. The molecule has 0 heterocycles. The molecule has 0 aliphatic rings. The van der Waals surface area contributed by atoms with Gasteiger partial charge in [-0.15, -0.1) is 0 Å². The molecule has 5 nitrogen and oxygen atoms in total. The summed E-state index contributed by atoms with van der Waals surface area (Å²) in [6.45, 7) is 3.71. The van der Waals surface area contributed by atoms with Crippen molar-refractivity contribution in [1.82, 2.24) is 0 Å². The minimum absolute atomic E-state index is 0.0298. The summed E-state index contributed by atoms with van der Waals surface area (Å²) in [4.78, 5) is 12.8. The van der Waals surface area contributed by atoms with Crippen molar-refractivity contribution < 1.29 is 19.7 Å². The molecule has 0 bridgehead atoms. The van der Waals surface area contributed by atoms with Gasteiger partial charge in [0.25, 0.3) is 0 Å². The molecule has 3 aromatic rings. The minimum Gasteiger partial charge on any atom is -0.508 e. The third-order valence-corrected chi connectivity index (χ3v) is 5.48. The van der Waals surface area contributed by atoms with E-state index in [-0.39, 0.29) is 12.4 Å². The fourth-order valence-corrected chi connectivity index (χ4v) is 3.76. The Hall–Kier alpha value is -2.57. The fourth-order valence-electron chi connectivity index (χ4n) is 3.38. The highest BCUT2D eigenvalue weighted by Crippen LogP contribution is 2.43. The molecule has 0 aromatic heterocycles. The Kier molecular flexibility index (Phi) is 6.45. The number of aromatic hydroxyl groups is 1. The molecule has 29 heavy (non-hydrogen) atoms. The predicted molar refractivity (Wildman–Crippen MR) is 118 cm³/mol. The molecular weight excluding hydrogens is 434 g/mol. The SMILES string of the molecule is CC(C)(CCO)[C@@H](OC(=O)Nc1cccc2ccccc12)c1cc(Br)ccc1O. The van der Waals surface area contributed by atoms with E-state index in [2.05, 4.69) is 21.2 Å². The number of amides is 1. The first kappa shape index (κ1) is 21.1. The van der Waals surface area contributed by atoms with Crippen molar-refractivity contribution in [3.05, 3.63) is 70.7 Å². The monoisotopic (exact) mass is 457 g/mol. The smallest absolute Gasteiger partial charge is 0.412 e. The van der Waals surface area contributed by atoms with Gasteiger partial charge in [0.2, 0.25) is 0 Å². The maximum atomic E-state index is 12.8. The normalized spacial score (nSPS) is 12.6. The number of hydrogen-bond donors (Lipinski definition) is 3. The van der Waals surface area contributed by atoms with Gasteiger partial charge in [-0.3, -0.25) is 5.32 Å². The van der Waals surface area contributed by atoms with E-state index in [1.165, 1.54) is 0 Å². The Morgan fingerprint density at radius 3 is 2.62 bits per heavy atom. The van der Waals surface area contributed by atoms with Gasteiger partial charge in [-0.25, -0.2) is 4.79 Å². The number of phenolic OH excluding ortho intramolecular Hbond substituents is 1. The summed E-state index contributed by atoms with van der Waals surface area (Å²) in [5.41, 5.74) is 0.513. The highest BCUT2D eigenvalue weighted by molar-refractivity contribution is 9.10. The number of benzene rings is 3. The molecule has 1 amide bonds. The van der Waals surface area contributed by atoms with Crippen molar-refractivity contribution in [2.75, 3.05) is 11.9 Å². The van der Waals surface area contributed by atoms with Crippen molar-refractivity contribution in [3.8, 4) is 5.75 Å². The van der Waals surface area contributed by atoms with Crippen LogP contribution in [0.3, 0.4) is 0 Å². The number of fused-ring (bicyclic) bond motifs is 1. The van der Waals surface area contributed by atoms with E-state index in [1.807, 2.05) is 56.3 Å². The molecule has 1 atom stereocenters. The van der Waals surface area contributed by atoms with Gasteiger partial charge in [0.05, 0.1) is 5.69 Å². The van der Waals surface area contributed by atoms with Crippen molar-refractivity contribution in [3.63, 3.8) is 0 Å². The second-order valence-electron chi connectivity index (χ2n) is 7.60. The van der Waals surface area contributed by atoms with Gasteiger partial charge < -0.3 is 14.9 Å². The highest BCUT2D eigenvalue weighted by Gasteiger charge is 2.36. The summed E-state index contributed by atoms with van der Waals surface area (Å²) in [6.07, 6.45) is -0.996. The second-order valence-corrected chi connectivity index (χ2v) is 8.52. The average molecular weight is 458 g/mol. The molecule has 3 N–H and O–H groups in total. The summed E-state index contributed by atoms with van der Waals surface area (Å²) in [7, 11) is 0. The van der Waals surface area contributed by atoms with Crippen molar-refractivity contribution in [2.24, 2.45) is 5.41 Å². The Morgan fingerprint density at radius 2 is 1.86 bits per heavy atom. The standard InChI is InChI=1S/C23H24BrNO4/c1-23(2,12-13-26)21(18-14-16(24)10-11-20(18)27)29-22(28)25-19-9-5-7-15-6-3-4-8-17(15)19/h3-11,14,21,26-27H,12-13H2,1-2H3,(H,25,28)/t21-/m0/s1. The number of carbonyl (C=O) groups is 1. The van der Waals surface area contributed by atoms with Gasteiger partial charge >= 0.3 is 6.09 Å². The zero-order valence-corrected chi connectivity index (χ0v) is 17.9.